The summed E-state index contributed by atoms with van der Waals surface area (Å²) in [5, 5.41) is 4.13. The fraction of sp³-hybridized carbons (Fsp3) is 0.292. The van der Waals surface area contributed by atoms with E-state index in [0.29, 0.717) is 29.1 Å². The van der Waals surface area contributed by atoms with Gasteiger partial charge in [0.1, 0.15) is 5.56 Å². The van der Waals surface area contributed by atoms with Crippen molar-refractivity contribution in [3.05, 3.63) is 64.8 Å². The molecular formula is C24H26N2O4. The number of aromatic nitrogens is 1. The van der Waals surface area contributed by atoms with Crippen molar-refractivity contribution in [3.63, 3.8) is 0 Å². The van der Waals surface area contributed by atoms with Crippen LogP contribution in [-0.2, 0) is 9.47 Å². The molecule has 3 aromatic rings. The lowest BCUT2D eigenvalue weighted by Gasteiger charge is -2.16. The van der Waals surface area contributed by atoms with E-state index in [1.165, 1.54) is 6.20 Å². The van der Waals surface area contributed by atoms with Gasteiger partial charge in [-0.25, -0.2) is 9.59 Å². The zero-order chi connectivity index (χ0) is 21.7. The fourth-order valence-corrected chi connectivity index (χ4v) is 3.31. The van der Waals surface area contributed by atoms with Crippen molar-refractivity contribution in [2.45, 2.75) is 34.1 Å². The Labute approximate surface area is 176 Å². The van der Waals surface area contributed by atoms with Crippen molar-refractivity contribution in [1.29, 1.82) is 0 Å². The second kappa shape index (κ2) is 9.39. The van der Waals surface area contributed by atoms with Gasteiger partial charge in [-0.05, 0) is 57.0 Å². The molecule has 0 aliphatic rings. The van der Waals surface area contributed by atoms with E-state index >= 15 is 0 Å². The number of carbonyl (C=O) groups is 2. The molecule has 30 heavy (non-hydrogen) atoms. The Morgan fingerprint density at radius 2 is 1.83 bits per heavy atom. The maximum absolute atomic E-state index is 12.6. The third-order valence-corrected chi connectivity index (χ3v) is 4.61. The highest BCUT2D eigenvalue weighted by atomic mass is 16.5. The minimum Gasteiger partial charge on any atom is -0.462 e. The van der Waals surface area contributed by atoms with Crippen LogP contribution in [0.25, 0.3) is 10.9 Å². The Morgan fingerprint density at radius 3 is 2.57 bits per heavy atom. The number of hydrogen-bond donors (Lipinski definition) is 1. The molecule has 0 saturated heterocycles. The number of aryl methyl sites for hydroxylation is 2. The monoisotopic (exact) mass is 406 g/mol. The Kier molecular flexibility index (Phi) is 6.67. The van der Waals surface area contributed by atoms with E-state index in [0.717, 1.165) is 28.5 Å². The molecule has 2 aromatic carbocycles. The number of carbonyl (C=O) groups excluding carboxylic acids is 2. The van der Waals surface area contributed by atoms with Crippen molar-refractivity contribution < 1.29 is 19.1 Å². The van der Waals surface area contributed by atoms with Crippen LogP contribution in [0.2, 0.25) is 0 Å². The first kappa shape index (κ1) is 21.3. The third kappa shape index (κ3) is 4.59. The molecule has 6 heteroatoms. The zero-order valence-corrected chi connectivity index (χ0v) is 17.7. The Bertz CT molecular complexity index is 1090. The molecule has 0 radical (unpaired) electrons. The summed E-state index contributed by atoms with van der Waals surface area (Å²) in [6, 6.07) is 11.1. The first-order valence-electron chi connectivity index (χ1n) is 10.1. The number of esters is 2. The molecular weight excluding hydrogens is 380 g/mol. The highest BCUT2D eigenvalue weighted by Gasteiger charge is 2.18. The van der Waals surface area contributed by atoms with E-state index in [1.807, 2.05) is 39.0 Å². The van der Waals surface area contributed by atoms with Crippen molar-refractivity contribution in [3.8, 4) is 0 Å². The molecule has 156 valence electrons. The van der Waals surface area contributed by atoms with Crippen molar-refractivity contribution >= 4 is 34.2 Å². The molecule has 1 aromatic heterocycles. The Morgan fingerprint density at radius 1 is 1.03 bits per heavy atom. The molecule has 1 N–H and O–H groups in total. The summed E-state index contributed by atoms with van der Waals surface area (Å²) in [5.41, 5.74) is 4.92. The van der Waals surface area contributed by atoms with Crippen molar-refractivity contribution in [2.24, 2.45) is 0 Å². The van der Waals surface area contributed by atoms with E-state index in [2.05, 4.69) is 10.3 Å². The van der Waals surface area contributed by atoms with Crippen LogP contribution in [0, 0.1) is 13.8 Å². The van der Waals surface area contributed by atoms with Gasteiger partial charge in [-0.2, -0.15) is 0 Å². The van der Waals surface area contributed by atoms with Gasteiger partial charge < -0.3 is 14.8 Å². The first-order valence-corrected chi connectivity index (χ1v) is 10.1. The van der Waals surface area contributed by atoms with Crippen LogP contribution in [0.5, 0.6) is 0 Å². The van der Waals surface area contributed by atoms with E-state index in [1.54, 1.807) is 25.1 Å². The van der Waals surface area contributed by atoms with Gasteiger partial charge >= 0.3 is 11.9 Å². The van der Waals surface area contributed by atoms with E-state index in [4.69, 9.17) is 9.47 Å². The van der Waals surface area contributed by atoms with Gasteiger partial charge in [-0.3, -0.25) is 4.98 Å². The predicted octanol–water partition coefficient (Wildman–Crippen LogP) is 5.34. The van der Waals surface area contributed by atoms with Crippen LogP contribution in [0.4, 0.5) is 11.4 Å². The second-order valence-corrected chi connectivity index (χ2v) is 7.09. The van der Waals surface area contributed by atoms with Gasteiger partial charge in [-0.1, -0.05) is 24.6 Å². The summed E-state index contributed by atoms with van der Waals surface area (Å²) in [5.74, 6) is -0.829. The third-order valence-electron chi connectivity index (χ3n) is 4.61. The van der Waals surface area contributed by atoms with Gasteiger partial charge in [0.2, 0.25) is 0 Å². The number of ether oxygens (including phenoxy) is 2. The molecule has 0 atom stereocenters. The number of rotatable bonds is 7. The summed E-state index contributed by atoms with van der Waals surface area (Å²) in [4.78, 5) is 29.3. The maximum Gasteiger partial charge on any atom is 0.341 e. The molecule has 3 rings (SSSR count). The summed E-state index contributed by atoms with van der Waals surface area (Å²) >= 11 is 0. The van der Waals surface area contributed by atoms with Crippen LogP contribution >= 0.6 is 0 Å². The SMILES string of the molecule is CCCOC(=O)c1cccc(Nc2c(C(=O)OCC)cnc3c(C)cc(C)cc23)c1. The highest BCUT2D eigenvalue weighted by molar-refractivity contribution is 6.07. The minimum absolute atomic E-state index is 0.266. The minimum atomic E-state index is -0.452. The highest BCUT2D eigenvalue weighted by Crippen LogP contribution is 2.32. The lowest BCUT2D eigenvalue weighted by Crippen LogP contribution is -2.10. The molecule has 0 saturated carbocycles. The normalized spacial score (nSPS) is 10.7. The quantitative estimate of drug-likeness (QED) is 0.534. The number of anilines is 2. The second-order valence-electron chi connectivity index (χ2n) is 7.09. The maximum atomic E-state index is 12.6. The topological polar surface area (TPSA) is 77.5 Å². The molecule has 0 bridgehead atoms. The lowest BCUT2D eigenvalue weighted by molar-refractivity contribution is 0.0501. The van der Waals surface area contributed by atoms with Crippen LogP contribution in [0.15, 0.2) is 42.6 Å². The van der Waals surface area contributed by atoms with Crippen molar-refractivity contribution in [1.82, 2.24) is 4.98 Å². The van der Waals surface area contributed by atoms with Gasteiger partial charge in [0.25, 0.3) is 0 Å². The standard InChI is InChI=1S/C24H26N2O4/c1-5-10-30-23(27)17-8-7-9-18(13-17)26-22-19-12-15(3)11-16(4)21(19)25-14-20(22)24(28)29-6-2/h7-9,11-14H,5-6,10H2,1-4H3,(H,25,26). The molecule has 0 unspecified atom stereocenters. The number of hydrogen-bond acceptors (Lipinski definition) is 6. The van der Waals surface area contributed by atoms with Gasteiger partial charge in [0.15, 0.2) is 0 Å². The van der Waals surface area contributed by atoms with E-state index in [9.17, 15) is 9.59 Å². The number of pyridine rings is 1. The number of nitrogens with zero attached hydrogens (tertiary/aromatic N) is 1. The number of nitrogens with one attached hydrogen (secondary N) is 1. The largest absolute Gasteiger partial charge is 0.462 e. The molecule has 0 fully saturated rings. The van der Waals surface area contributed by atoms with Gasteiger partial charge in [-0.15, -0.1) is 0 Å². The van der Waals surface area contributed by atoms with Crippen LogP contribution < -0.4 is 5.32 Å². The van der Waals surface area contributed by atoms with Gasteiger partial charge in [0.05, 0.1) is 30.0 Å². The summed E-state index contributed by atoms with van der Waals surface area (Å²) in [7, 11) is 0. The average Bonchev–Trinajstić information content (AvgIpc) is 2.72. The van der Waals surface area contributed by atoms with Gasteiger partial charge in [0, 0.05) is 17.3 Å². The smallest absolute Gasteiger partial charge is 0.341 e. The summed E-state index contributed by atoms with van der Waals surface area (Å²) in [6.07, 6.45) is 2.29. The molecule has 0 aliphatic heterocycles. The predicted molar refractivity (Wildman–Crippen MR) is 117 cm³/mol. The van der Waals surface area contributed by atoms with E-state index in [-0.39, 0.29) is 12.6 Å². The van der Waals surface area contributed by atoms with Crippen molar-refractivity contribution in [2.75, 3.05) is 18.5 Å². The van der Waals surface area contributed by atoms with Crippen LogP contribution in [0.3, 0.4) is 0 Å². The summed E-state index contributed by atoms with van der Waals surface area (Å²) < 4.78 is 10.5. The number of fused-ring (bicyclic) bond motifs is 1. The summed E-state index contributed by atoms with van der Waals surface area (Å²) in [6.45, 7) is 8.33. The lowest BCUT2D eigenvalue weighted by atomic mass is 10.0. The Balaban J connectivity index is 2.09. The molecule has 0 amide bonds. The molecule has 0 aliphatic carbocycles. The van der Waals surface area contributed by atoms with Crippen LogP contribution in [0.1, 0.15) is 52.1 Å². The Hall–Kier alpha value is -3.41. The first-order chi connectivity index (χ1) is 14.4. The molecule has 6 nitrogen and oxygen atoms in total. The zero-order valence-electron chi connectivity index (χ0n) is 17.7. The molecule has 0 spiro atoms. The fourth-order valence-electron chi connectivity index (χ4n) is 3.31. The molecule has 1 heterocycles. The van der Waals surface area contributed by atoms with Crippen LogP contribution in [-0.4, -0.2) is 30.1 Å². The number of benzene rings is 2. The average molecular weight is 406 g/mol. The van der Waals surface area contributed by atoms with E-state index < -0.39 is 5.97 Å².